The van der Waals surface area contributed by atoms with Crippen LogP contribution in [0.15, 0.2) is 78.1 Å². The van der Waals surface area contributed by atoms with Crippen molar-refractivity contribution in [3.63, 3.8) is 0 Å². The molecule has 1 aliphatic rings. The third-order valence-corrected chi connectivity index (χ3v) is 2.96. The van der Waals surface area contributed by atoms with Crippen LogP contribution in [-0.4, -0.2) is 12.0 Å². The summed E-state index contributed by atoms with van der Waals surface area (Å²) in [7, 11) is 0. The summed E-state index contributed by atoms with van der Waals surface area (Å²) in [5.74, 6) is 0.836. The fourth-order valence-electron chi connectivity index (χ4n) is 2.00. The molecule has 20 heavy (non-hydrogen) atoms. The Labute approximate surface area is 118 Å². The van der Waals surface area contributed by atoms with Crippen molar-refractivity contribution in [3.05, 3.63) is 73.1 Å². The lowest BCUT2D eigenvalue weighted by molar-refractivity contribution is 0.803. The Morgan fingerprint density at radius 3 is 2.20 bits per heavy atom. The van der Waals surface area contributed by atoms with E-state index in [4.69, 9.17) is 0 Å². The monoisotopic (exact) mass is 264 g/mol. The third-order valence-electron chi connectivity index (χ3n) is 2.96. The van der Waals surface area contributed by atoms with E-state index in [1.54, 1.807) is 6.20 Å². The lowest BCUT2D eigenvalue weighted by Gasteiger charge is -2.25. The van der Waals surface area contributed by atoms with Crippen LogP contribution >= 0.6 is 0 Å². The van der Waals surface area contributed by atoms with E-state index in [1.165, 1.54) is 0 Å². The van der Waals surface area contributed by atoms with Crippen molar-refractivity contribution in [2.45, 2.75) is 6.17 Å². The average Bonchev–Trinajstić information content (AvgIpc) is 2.51. The minimum atomic E-state index is -0.0809. The predicted octanol–water partition coefficient (Wildman–Crippen LogP) is 3.01. The first-order valence-corrected chi connectivity index (χ1v) is 6.54. The van der Waals surface area contributed by atoms with E-state index in [-0.39, 0.29) is 6.17 Å². The molecule has 1 heterocycles. The van der Waals surface area contributed by atoms with Gasteiger partial charge in [-0.05, 0) is 24.3 Å². The molecule has 0 fully saturated rings. The molecule has 1 atom stereocenters. The highest BCUT2D eigenvalue weighted by Gasteiger charge is 2.16. The van der Waals surface area contributed by atoms with E-state index < -0.39 is 0 Å². The van der Waals surface area contributed by atoms with Crippen molar-refractivity contribution < 1.29 is 0 Å². The molecular formula is C16H16N4. The molecular weight excluding hydrogens is 248 g/mol. The minimum absolute atomic E-state index is 0.0809. The number of hydrogen-bond acceptors (Lipinski definition) is 4. The third kappa shape index (κ3) is 2.98. The van der Waals surface area contributed by atoms with Crippen LogP contribution in [0.25, 0.3) is 0 Å². The molecule has 0 aliphatic carbocycles. The molecule has 0 bridgehead atoms. The second-order valence-electron chi connectivity index (χ2n) is 4.43. The van der Waals surface area contributed by atoms with Gasteiger partial charge < -0.3 is 16.0 Å². The zero-order valence-electron chi connectivity index (χ0n) is 11.0. The number of nitrogens with zero attached hydrogens (tertiary/aromatic N) is 1. The molecule has 0 radical (unpaired) electrons. The van der Waals surface area contributed by atoms with Crippen LogP contribution in [0.5, 0.6) is 0 Å². The normalized spacial score (nSPS) is 17.0. The summed E-state index contributed by atoms with van der Waals surface area (Å²) in [6.07, 6.45) is 3.49. The number of aliphatic imine (C=N–C) groups is 1. The van der Waals surface area contributed by atoms with Crippen LogP contribution in [0, 0.1) is 0 Å². The van der Waals surface area contributed by atoms with Gasteiger partial charge in [0.1, 0.15) is 5.84 Å². The van der Waals surface area contributed by atoms with Gasteiger partial charge in [0.05, 0.1) is 0 Å². The van der Waals surface area contributed by atoms with Crippen molar-refractivity contribution in [2.24, 2.45) is 4.99 Å². The van der Waals surface area contributed by atoms with Crippen molar-refractivity contribution in [2.75, 3.05) is 10.6 Å². The van der Waals surface area contributed by atoms with E-state index in [2.05, 4.69) is 20.9 Å². The van der Waals surface area contributed by atoms with Crippen LogP contribution in [0.2, 0.25) is 0 Å². The molecule has 3 N–H and O–H groups in total. The van der Waals surface area contributed by atoms with Gasteiger partial charge in [-0.15, -0.1) is 0 Å². The molecule has 0 spiro atoms. The molecule has 1 unspecified atom stereocenters. The summed E-state index contributed by atoms with van der Waals surface area (Å²) in [5, 5.41) is 9.97. The highest BCUT2D eigenvalue weighted by Crippen LogP contribution is 2.11. The van der Waals surface area contributed by atoms with Gasteiger partial charge in [-0.25, -0.2) is 4.99 Å². The quantitative estimate of drug-likeness (QED) is 0.798. The molecule has 0 aromatic heterocycles. The first-order valence-electron chi connectivity index (χ1n) is 6.54. The zero-order chi connectivity index (χ0) is 13.6. The second kappa shape index (κ2) is 5.93. The lowest BCUT2D eigenvalue weighted by Crippen LogP contribution is -2.45. The molecule has 0 amide bonds. The number of amidine groups is 1. The van der Waals surface area contributed by atoms with Gasteiger partial charge in [0.25, 0.3) is 0 Å². The Morgan fingerprint density at radius 1 is 0.850 bits per heavy atom. The number of anilines is 2. The Morgan fingerprint density at radius 2 is 1.50 bits per heavy atom. The molecule has 3 rings (SSSR count). The summed E-state index contributed by atoms with van der Waals surface area (Å²) in [4.78, 5) is 4.40. The molecule has 0 saturated carbocycles. The van der Waals surface area contributed by atoms with Crippen molar-refractivity contribution in [1.29, 1.82) is 0 Å². The molecule has 1 aliphatic heterocycles. The van der Waals surface area contributed by atoms with Crippen LogP contribution in [0.4, 0.5) is 11.4 Å². The number of rotatable bonds is 3. The largest absolute Gasteiger partial charge is 0.364 e. The Bertz CT molecular complexity index is 605. The Hall–Kier alpha value is -2.75. The first kappa shape index (κ1) is 12.3. The summed E-state index contributed by atoms with van der Waals surface area (Å²) in [6.45, 7) is 0. The van der Waals surface area contributed by atoms with Gasteiger partial charge in [-0.2, -0.15) is 0 Å². The van der Waals surface area contributed by atoms with Crippen LogP contribution in [-0.2, 0) is 0 Å². The highest BCUT2D eigenvalue weighted by atomic mass is 15.2. The van der Waals surface area contributed by atoms with E-state index in [0.29, 0.717) is 0 Å². The van der Waals surface area contributed by atoms with Crippen LogP contribution in [0.1, 0.15) is 0 Å². The Kier molecular flexibility index (Phi) is 3.64. The molecule has 2 aromatic rings. The van der Waals surface area contributed by atoms with E-state index in [0.717, 1.165) is 17.2 Å². The smallest absolute Gasteiger partial charge is 0.156 e. The first-order chi connectivity index (χ1) is 9.92. The second-order valence-corrected chi connectivity index (χ2v) is 4.43. The maximum Gasteiger partial charge on any atom is 0.156 e. The number of para-hydroxylation sites is 2. The lowest BCUT2D eigenvalue weighted by atomic mass is 10.2. The van der Waals surface area contributed by atoms with Crippen molar-refractivity contribution in [1.82, 2.24) is 5.32 Å². The fourth-order valence-corrected chi connectivity index (χ4v) is 2.00. The summed E-state index contributed by atoms with van der Waals surface area (Å²) in [5.41, 5.74) is 2.06. The number of benzene rings is 2. The van der Waals surface area contributed by atoms with Crippen molar-refractivity contribution in [3.8, 4) is 0 Å². The number of nitrogens with one attached hydrogen (secondary N) is 3. The average molecular weight is 264 g/mol. The Balaban J connectivity index is 1.74. The van der Waals surface area contributed by atoms with Gasteiger partial charge in [0.2, 0.25) is 0 Å². The van der Waals surface area contributed by atoms with E-state index in [9.17, 15) is 0 Å². The van der Waals surface area contributed by atoms with Gasteiger partial charge in [0, 0.05) is 23.8 Å². The summed E-state index contributed by atoms with van der Waals surface area (Å²) in [6, 6.07) is 20.1. The van der Waals surface area contributed by atoms with E-state index >= 15 is 0 Å². The number of hydrogen-bond donors (Lipinski definition) is 3. The summed E-state index contributed by atoms with van der Waals surface area (Å²) >= 11 is 0. The van der Waals surface area contributed by atoms with Gasteiger partial charge >= 0.3 is 0 Å². The van der Waals surface area contributed by atoms with Gasteiger partial charge in [-0.3, -0.25) is 0 Å². The maximum atomic E-state index is 4.40. The molecule has 0 saturated heterocycles. The molecule has 100 valence electrons. The highest BCUT2D eigenvalue weighted by molar-refractivity contribution is 6.01. The molecule has 4 nitrogen and oxygen atoms in total. The predicted molar refractivity (Wildman–Crippen MR) is 83.6 cm³/mol. The van der Waals surface area contributed by atoms with Crippen LogP contribution < -0.4 is 16.0 Å². The van der Waals surface area contributed by atoms with Crippen molar-refractivity contribution >= 4 is 17.2 Å². The zero-order valence-corrected chi connectivity index (χ0v) is 11.0. The van der Waals surface area contributed by atoms with Gasteiger partial charge in [0.15, 0.2) is 6.17 Å². The minimum Gasteiger partial charge on any atom is -0.364 e. The topological polar surface area (TPSA) is 48.4 Å². The van der Waals surface area contributed by atoms with Gasteiger partial charge in [-0.1, -0.05) is 36.4 Å². The SMILES string of the molecule is C1=CNC(Nc2ccccc2)C(Nc2ccccc2)=N1. The summed E-state index contributed by atoms with van der Waals surface area (Å²) < 4.78 is 0. The van der Waals surface area contributed by atoms with Crippen LogP contribution in [0.3, 0.4) is 0 Å². The van der Waals surface area contributed by atoms with E-state index in [1.807, 2.05) is 66.9 Å². The standard InChI is InChI=1S/C16H16N4/c1-3-7-13(8-4-1)19-15-16(18-12-11-17-15)20-14-9-5-2-6-10-14/h1-12,15,17,19H,(H,18,20). The fraction of sp³-hybridized carbons (Fsp3) is 0.0625. The maximum absolute atomic E-state index is 4.40. The molecule has 2 aromatic carbocycles. The molecule has 4 heteroatoms.